The second kappa shape index (κ2) is 9.20. The summed E-state index contributed by atoms with van der Waals surface area (Å²) in [6, 6.07) is 50.1. The number of fused-ring (bicyclic) bond motifs is 5. The van der Waals surface area contributed by atoms with Crippen LogP contribution in [0.3, 0.4) is 0 Å². The van der Waals surface area contributed by atoms with Gasteiger partial charge < -0.3 is 0 Å². The summed E-state index contributed by atoms with van der Waals surface area (Å²) in [4.78, 5) is 10.1. The van der Waals surface area contributed by atoms with Gasteiger partial charge in [0.05, 0.1) is 22.4 Å². The molecule has 0 radical (unpaired) electrons. The van der Waals surface area contributed by atoms with Gasteiger partial charge in [0.2, 0.25) is 0 Å². The number of aryl methyl sites for hydroxylation is 1. The summed E-state index contributed by atoms with van der Waals surface area (Å²) < 4.78 is 0. The quantitative estimate of drug-likeness (QED) is 0.220. The smallest absolute Gasteiger partial charge is 0.0928 e. The highest BCUT2D eigenvalue weighted by molar-refractivity contribution is 6.28. The van der Waals surface area contributed by atoms with E-state index >= 15 is 0 Å². The normalized spacial score (nSPS) is 11.8. The molecule has 0 aliphatic heterocycles. The highest BCUT2D eigenvalue weighted by atomic mass is 14.8. The molecule has 0 fully saturated rings. The van der Waals surface area contributed by atoms with Gasteiger partial charge in [0, 0.05) is 5.56 Å². The van der Waals surface area contributed by atoms with E-state index in [-0.39, 0.29) is 0 Å². The Hall–Kier alpha value is -5.60. The summed E-state index contributed by atoms with van der Waals surface area (Å²) in [7, 11) is 0. The van der Waals surface area contributed by atoms with E-state index in [1.807, 2.05) is 24.3 Å². The van der Waals surface area contributed by atoms with Crippen LogP contribution in [0.15, 0.2) is 140 Å². The van der Waals surface area contributed by atoms with Crippen LogP contribution >= 0.6 is 0 Å². The first-order valence-corrected chi connectivity index (χ1v) is 14.8. The summed E-state index contributed by atoms with van der Waals surface area (Å²) in [5.74, 6) is 0. The number of rotatable bonds is 3. The number of benzene rings is 7. The van der Waals surface area contributed by atoms with E-state index in [2.05, 4.69) is 122 Å². The highest BCUT2D eigenvalue weighted by Crippen LogP contribution is 2.58. The molecule has 200 valence electrons. The van der Waals surface area contributed by atoms with Gasteiger partial charge in [-0.15, -0.1) is 0 Å². The molecule has 43 heavy (non-hydrogen) atoms. The molecule has 0 N–H and O–H groups in total. The van der Waals surface area contributed by atoms with Crippen LogP contribution in [0.1, 0.15) is 5.69 Å². The zero-order valence-corrected chi connectivity index (χ0v) is 23.7. The van der Waals surface area contributed by atoms with Crippen molar-refractivity contribution in [3.63, 3.8) is 0 Å². The van der Waals surface area contributed by atoms with E-state index in [0.717, 1.165) is 28.0 Å². The second-order valence-electron chi connectivity index (χ2n) is 11.3. The van der Waals surface area contributed by atoms with E-state index in [1.165, 1.54) is 66.1 Å². The lowest BCUT2D eigenvalue weighted by Gasteiger charge is -2.20. The molecule has 0 atom stereocenters. The maximum absolute atomic E-state index is 5.14. The van der Waals surface area contributed by atoms with Crippen LogP contribution in [0.5, 0.6) is 0 Å². The fourth-order valence-corrected chi connectivity index (χ4v) is 7.16. The maximum atomic E-state index is 5.14. The van der Waals surface area contributed by atoms with E-state index < -0.39 is 0 Å². The topological polar surface area (TPSA) is 25.8 Å². The van der Waals surface area contributed by atoms with E-state index in [0.29, 0.717) is 0 Å². The summed E-state index contributed by atoms with van der Waals surface area (Å²) >= 11 is 0. The van der Waals surface area contributed by atoms with Crippen molar-refractivity contribution in [1.29, 1.82) is 0 Å². The maximum Gasteiger partial charge on any atom is 0.0928 e. The van der Waals surface area contributed by atoms with Gasteiger partial charge in [0.25, 0.3) is 0 Å². The molecule has 8 aromatic rings. The first kappa shape index (κ1) is 24.0. The zero-order valence-electron chi connectivity index (χ0n) is 23.7. The standard InChI is InChI=1S/C41H26N2/c1-25-41(43-35-22-11-10-21-34(35)42-25)31-23-24-33-38-30(31)19-12-20-32(38)39-36(26-13-4-2-5-14-26)28-17-8-9-18-29(28)37(40(33)39)27-15-6-3-7-16-27/h2-24H,1H3. The van der Waals surface area contributed by atoms with Crippen molar-refractivity contribution >= 4 is 32.6 Å². The molecule has 0 amide bonds. The molecule has 2 nitrogen and oxygen atoms in total. The number of hydrogen-bond donors (Lipinski definition) is 0. The molecule has 1 heterocycles. The lowest BCUT2D eigenvalue weighted by molar-refractivity contribution is 1.19. The van der Waals surface area contributed by atoms with Crippen molar-refractivity contribution in [2.24, 2.45) is 0 Å². The fraction of sp³-hybridized carbons (Fsp3) is 0.0244. The average molecular weight is 547 g/mol. The molecule has 9 rings (SSSR count). The molecule has 0 unspecified atom stereocenters. The monoisotopic (exact) mass is 546 g/mol. The highest BCUT2D eigenvalue weighted by Gasteiger charge is 2.31. The predicted molar refractivity (Wildman–Crippen MR) is 180 cm³/mol. The molecule has 0 saturated heterocycles. The van der Waals surface area contributed by atoms with Crippen molar-refractivity contribution in [2.75, 3.05) is 0 Å². The van der Waals surface area contributed by atoms with Crippen molar-refractivity contribution in [3.8, 4) is 55.8 Å². The van der Waals surface area contributed by atoms with E-state index in [9.17, 15) is 0 Å². The van der Waals surface area contributed by atoms with Gasteiger partial charge in [-0.1, -0.05) is 127 Å². The number of para-hydroxylation sites is 2. The van der Waals surface area contributed by atoms with Crippen LogP contribution in [0.2, 0.25) is 0 Å². The van der Waals surface area contributed by atoms with Crippen molar-refractivity contribution in [1.82, 2.24) is 9.97 Å². The number of hydrogen-bond acceptors (Lipinski definition) is 2. The third kappa shape index (κ3) is 3.47. The first-order chi connectivity index (χ1) is 21.3. The van der Waals surface area contributed by atoms with Gasteiger partial charge >= 0.3 is 0 Å². The van der Waals surface area contributed by atoms with E-state index in [4.69, 9.17) is 9.97 Å². The minimum atomic E-state index is 0.915. The zero-order chi connectivity index (χ0) is 28.5. The van der Waals surface area contributed by atoms with Crippen molar-refractivity contribution < 1.29 is 0 Å². The Kier molecular flexibility index (Phi) is 5.15. The Balaban J connectivity index is 1.44. The summed E-state index contributed by atoms with van der Waals surface area (Å²) in [6.45, 7) is 2.07. The lowest BCUT2D eigenvalue weighted by Crippen LogP contribution is -1.95. The summed E-state index contributed by atoms with van der Waals surface area (Å²) in [6.07, 6.45) is 0. The van der Waals surface area contributed by atoms with Crippen LogP contribution < -0.4 is 0 Å². The Morgan fingerprint density at radius 2 is 0.860 bits per heavy atom. The Morgan fingerprint density at radius 1 is 0.372 bits per heavy atom. The molecule has 7 aromatic carbocycles. The van der Waals surface area contributed by atoms with Crippen LogP contribution in [0.25, 0.3) is 88.3 Å². The predicted octanol–water partition coefficient (Wildman–Crippen LogP) is 10.9. The van der Waals surface area contributed by atoms with Crippen molar-refractivity contribution in [3.05, 3.63) is 145 Å². The van der Waals surface area contributed by atoms with Gasteiger partial charge in [0.1, 0.15) is 0 Å². The molecule has 1 aliphatic carbocycles. The Morgan fingerprint density at radius 3 is 1.49 bits per heavy atom. The third-order valence-corrected chi connectivity index (χ3v) is 8.92. The molecule has 0 spiro atoms. The molecular formula is C41H26N2. The molecule has 1 aromatic heterocycles. The fourth-order valence-electron chi connectivity index (χ4n) is 7.16. The molecular weight excluding hydrogens is 520 g/mol. The minimum Gasteiger partial charge on any atom is -0.249 e. The third-order valence-electron chi connectivity index (χ3n) is 8.92. The average Bonchev–Trinajstić information content (AvgIpc) is 3.39. The number of nitrogens with zero attached hydrogens (tertiary/aromatic N) is 2. The number of aromatic nitrogens is 2. The van der Waals surface area contributed by atoms with Crippen LogP contribution in [0, 0.1) is 6.92 Å². The lowest BCUT2D eigenvalue weighted by atomic mass is 9.82. The van der Waals surface area contributed by atoms with Gasteiger partial charge in [-0.25, -0.2) is 9.97 Å². The second-order valence-corrected chi connectivity index (χ2v) is 11.3. The van der Waals surface area contributed by atoms with Crippen LogP contribution in [-0.2, 0) is 0 Å². The van der Waals surface area contributed by atoms with Crippen molar-refractivity contribution in [2.45, 2.75) is 6.92 Å². The van der Waals surface area contributed by atoms with Crippen LogP contribution in [0.4, 0.5) is 0 Å². The Labute approximate surface area is 250 Å². The van der Waals surface area contributed by atoms with Crippen LogP contribution in [-0.4, -0.2) is 9.97 Å². The van der Waals surface area contributed by atoms with Gasteiger partial charge in [-0.2, -0.15) is 0 Å². The Bertz CT molecular complexity index is 2300. The van der Waals surface area contributed by atoms with Gasteiger partial charge in [-0.3, -0.25) is 0 Å². The SMILES string of the molecule is Cc1nc2ccccc2nc1-c1ccc2c3c(cccc13)-c1c-2c(-c2ccccc2)c2ccccc2c1-c1ccccc1. The molecule has 0 bridgehead atoms. The summed E-state index contributed by atoms with van der Waals surface area (Å²) in [5.41, 5.74) is 15.1. The summed E-state index contributed by atoms with van der Waals surface area (Å²) in [5, 5.41) is 5.04. The molecule has 0 saturated carbocycles. The largest absolute Gasteiger partial charge is 0.249 e. The molecule has 1 aliphatic rings. The van der Waals surface area contributed by atoms with Gasteiger partial charge in [-0.05, 0) is 85.1 Å². The van der Waals surface area contributed by atoms with Gasteiger partial charge in [0.15, 0.2) is 0 Å². The first-order valence-electron chi connectivity index (χ1n) is 14.8. The molecule has 2 heteroatoms. The minimum absolute atomic E-state index is 0.915. The van der Waals surface area contributed by atoms with E-state index in [1.54, 1.807) is 0 Å².